The van der Waals surface area contributed by atoms with Gasteiger partial charge in [0, 0.05) is 10.2 Å². The molecule has 22 heavy (non-hydrogen) atoms. The topological polar surface area (TPSA) is 34.9 Å². The van der Waals surface area contributed by atoms with Gasteiger partial charge in [-0.1, -0.05) is 42.1 Å². The molecule has 3 rings (SSSR count). The number of fused-ring (bicyclic) bond motifs is 1. The maximum absolute atomic E-state index is 13.0. The van der Waals surface area contributed by atoms with Crippen LogP contribution in [0.2, 0.25) is 0 Å². The van der Waals surface area contributed by atoms with Crippen molar-refractivity contribution in [2.24, 2.45) is 0 Å². The molecule has 3 aromatic rings. The van der Waals surface area contributed by atoms with Crippen LogP contribution in [-0.4, -0.2) is 15.3 Å². The Labute approximate surface area is 140 Å². The first-order valence-electron chi connectivity index (χ1n) is 6.73. The van der Waals surface area contributed by atoms with E-state index in [0.717, 1.165) is 10.2 Å². The van der Waals surface area contributed by atoms with Gasteiger partial charge in [-0.05, 0) is 40.2 Å². The van der Waals surface area contributed by atoms with E-state index in [0.29, 0.717) is 21.8 Å². The Kier molecular flexibility index (Phi) is 4.45. The van der Waals surface area contributed by atoms with Crippen molar-refractivity contribution >= 4 is 38.6 Å². The maximum atomic E-state index is 13.0. The second-order valence-corrected chi connectivity index (χ2v) is 6.45. The summed E-state index contributed by atoms with van der Waals surface area (Å²) >= 11 is 4.95. The first-order valence-corrected chi connectivity index (χ1v) is 8.50. The number of benzene rings is 2. The predicted molar refractivity (Wildman–Crippen MR) is 96.0 cm³/mol. The van der Waals surface area contributed by atoms with Gasteiger partial charge in [0.1, 0.15) is 0 Å². The number of rotatable bonds is 4. The van der Waals surface area contributed by atoms with Gasteiger partial charge in [0.15, 0.2) is 5.16 Å². The average molecular weight is 373 g/mol. The first kappa shape index (κ1) is 15.1. The Morgan fingerprint density at radius 1 is 1.18 bits per heavy atom. The van der Waals surface area contributed by atoms with Gasteiger partial charge in [0.25, 0.3) is 5.56 Å². The van der Waals surface area contributed by atoms with Crippen molar-refractivity contribution in [3.8, 4) is 5.69 Å². The van der Waals surface area contributed by atoms with Gasteiger partial charge in [-0.2, -0.15) is 0 Å². The van der Waals surface area contributed by atoms with Crippen LogP contribution in [-0.2, 0) is 0 Å². The second-order valence-electron chi connectivity index (χ2n) is 4.60. The molecule has 1 aromatic heterocycles. The Morgan fingerprint density at radius 3 is 2.68 bits per heavy atom. The highest BCUT2D eigenvalue weighted by Gasteiger charge is 2.14. The standard InChI is InChI=1S/C17H13BrN2OS/c1-2-11-22-17-19-14-10-6-9-13(18)15(14)16(21)20(17)12-7-4-3-5-8-12/h2-10H,1,11H2. The fourth-order valence-electron chi connectivity index (χ4n) is 2.20. The molecular formula is C17H13BrN2OS. The summed E-state index contributed by atoms with van der Waals surface area (Å²) in [5.74, 6) is 0.693. The third kappa shape index (κ3) is 2.74. The van der Waals surface area contributed by atoms with Gasteiger partial charge in [0.05, 0.1) is 16.6 Å². The molecule has 0 saturated heterocycles. The van der Waals surface area contributed by atoms with Gasteiger partial charge in [-0.25, -0.2) is 4.98 Å². The SMILES string of the molecule is C=CCSc1nc2cccc(Br)c2c(=O)n1-c1ccccc1. The van der Waals surface area contributed by atoms with E-state index < -0.39 is 0 Å². The van der Waals surface area contributed by atoms with E-state index in [1.165, 1.54) is 11.8 Å². The van der Waals surface area contributed by atoms with Crippen molar-refractivity contribution in [2.45, 2.75) is 5.16 Å². The number of hydrogen-bond acceptors (Lipinski definition) is 3. The van der Waals surface area contributed by atoms with E-state index >= 15 is 0 Å². The molecule has 0 saturated carbocycles. The summed E-state index contributed by atoms with van der Waals surface area (Å²) in [5.41, 5.74) is 1.43. The smallest absolute Gasteiger partial charge is 0.267 e. The average Bonchev–Trinajstić information content (AvgIpc) is 2.53. The lowest BCUT2D eigenvalue weighted by Crippen LogP contribution is -2.22. The molecule has 3 nitrogen and oxygen atoms in total. The highest BCUT2D eigenvalue weighted by molar-refractivity contribution is 9.10. The lowest BCUT2D eigenvalue weighted by molar-refractivity contribution is 0.820. The molecule has 0 amide bonds. The molecular weight excluding hydrogens is 360 g/mol. The Balaban J connectivity index is 2.36. The molecule has 2 aromatic carbocycles. The summed E-state index contributed by atoms with van der Waals surface area (Å²) in [7, 11) is 0. The molecule has 0 aliphatic rings. The van der Waals surface area contributed by atoms with Gasteiger partial charge >= 0.3 is 0 Å². The van der Waals surface area contributed by atoms with Crippen LogP contribution >= 0.6 is 27.7 Å². The molecule has 110 valence electrons. The number of para-hydroxylation sites is 1. The van der Waals surface area contributed by atoms with E-state index in [9.17, 15) is 4.79 Å². The zero-order valence-corrected chi connectivity index (χ0v) is 14.1. The molecule has 0 aliphatic heterocycles. The molecule has 0 radical (unpaired) electrons. The third-order valence-corrected chi connectivity index (χ3v) is 4.76. The van der Waals surface area contributed by atoms with Crippen molar-refractivity contribution < 1.29 is 0 Å². The highest BCUT2D eigenvalue weighted by Crippen LogP contribution is 2.24. The number of halogens is 1. The summed E-state index contributed by atoms with van der Waals surface area (Å²) in [6.45, 7) is 3.73. The van der Waals surface area contributed by atoms with Crippen LogP contribution in [0.5, 0.6) is 0 Å². The molecule has 0 spiro atoms. The second kappa shape index (κ2) is 6.50. The largest absolute Gasteiger partial charge is 0.268 e. The first-order chi connectivity index (χ1) is 10.7. The molecule has 0 aliphatic carbocycles. The van der Waals surface area contributed by atoms with E-state index in [1.54, 1.807) is 10.6 Å². The van der Waals surface area contributed by atoms with Crippen molar-refractivity contribution in [1.29, 1.82) is 0 Å². The van der Waals surface area contributed by atoms with Crippen LogP contribution in [0, 0.1) is 0 Å². The lowest BCUT2D eigenvalue weighted by atomic mass is 10.2. The van der Waals surface area contributed by atoms with Crippen LogP contribution in [0.15, 0.2) is 75.6 Å². The molecule has 0 N–H and O–H groups in total. The van der Waals surface area contributed by atoms with E-state index in [2.05, 4.69) is 27.5 Å². The van der Waals surface area contributed by atoms with Crippen molar-refractivity contribution in [2.75, 3.05) is 5.75 Å². The van der Waals surface area contributed by atoms with E-state index in [1.807, 2.05) is 48.5 Å². The van der Waals surface area contributed by atoms with Crippen molar-refractivity contribution in [3.63, 3.8) is 0 Å². The van der Waals surface area contributed by atoms with Crippen LogP contribution in [0.4, 0.5) is 0 Å². The highest BCUT2D eigenvalue weighted by atomic mass is 79.9. The van der Waals surface area contributed by atoms with Crippen molar-refractivity contribution in [3.05, 3.63) is 76.0 Å². The third-order valence-electron chi connectivity index (χ3n) is 3.16. The summed E-state index contributed by atoms with van der Waals surface area (Å²) in [6.07, 6.45) is 1.80. The molecule has 0 unspecified atom stereocenters. The zero-order valence-electron chi connectivity index (χ0n) is 11.7. The lowest BCUT2D eigenvalue weighted by Gasteiger charge is -2.13. The fourth-order valence-corrected chi connectivity index (χ4v) is 3.48. The maximum Gasteiger partial charge on any atom is 0.267 e. The zero-order chi connectivity index (χ0) is 15.5. The van der Waals surface area contributed by atoms with Gasteiger partial charge < -0.3 is 0 Å². The van der Waals surface area contributed by atoms with Crippen LogP contribution < -0.4 is 5.56 Å². The van der Waals surface area contributed by atoms with Crippen LogP contribution in [0.1, 0.15) is 0 Å². The van der Waals surface area contributed by atoms with Gasteiger partial charge in [0.2, 0.25) is 0 Å². The van der Waals surface area contributed by atoms with Gasteiger partial charge in [-0.15, -0.1) is 6.58 Å². The molecule has 1 heterocycles. The quantitative estimate of drug-likeness (QED) is 0.386. The van der Waals surface area contributed by atoms with Crippen molar-refractivity contribution in [1.82, 2.24) is 9.55 Å². The minimum Gasteiger partial charge on any atom is -0.268 e. The molecule has 5 heteroatoms. The van der Waals surface area contributed by atoms with E-state index in [-0.39, 0.29) is 5.56 Å². The predicted octanol–water partition coefficient (Wildman–Crippen LogP) is 4.43. The number of thioether (sulfide) groups is 1. The summed E-state index contributed by atoms with van der Waals surface area (Å²) < 4.78 is 2.41. The molecule has 0 bridgehead atoms. The normalized spacial score (nSPS) is 10.8. The summed E-state index contributed by atoms with van der Waals surface area (Å²) in [6, 6.07) is 15.2. The number of nitrogens with zero attached hydrogens (tertiary/aromatic N) is 2. The minimum atomic E-state index is -0.0739. The Morgan fingerprint density at radius 2 is 1.95 bits per heavy atom. The van der Waals surface area contributed by atoms with Crippen LogP contribution in [0.3, 0.4) is 0 Å². The molecule has 0 fully saturated rings. The van der Waals surface area contributed by atoms with Crippen LogP contribution in [0.25, 0.3) is 16.6 Å². The van der Waals surface area contributed by atoms with Gasteiger partial charge in [-0.3, -0.25) is 9.36 Å². The molecule has 0 atom stereocenters. The summed E-state index contributed by atoms with van der Waals surface area (Å²) in [5, 5.41) is 1.26. The Bertz CT molecular complexity index is 890. The fraction of sp³-hybridized carbons (Fsp3) is 0.0588. The summed E-state index contributed by atoms with van der Waals surface area (Å²) in [4.78, 5) is 17.6. The minimum absolute atomic E-state index is 0.0739. The Hall–Kier alpha value is -1.85. The number of aromatic nitrogens is 2. The number of hydrogen-bond donors (Lipinski definition) is 0. The monoisotopic (exact) mass is 372 g/mol. The van der Waals surface area contributed by atoms with E-state index in [4.69, 9.17) is 0 Å².